The molecule has 4 nitrogen and oxygen atoms in total. The zero-order valence-electron chi connectivity index (χ0n) is 13.2. The molecule has 0 aliphatic carbocycles. The Labute approximate surface area is 146 Å². The van der Waals surface area contributed by atoms with Gasteiger partial charge in [0.15, 0.2) is 0 Å². The molecule has 0 radical (unpaired) electrons. The third kappa shape index (κ3) is 4.68. The fraction of sp³-hybridized carbons (Fsp3) is 0.211. The predicted molar refractivity (Wildman–Crippen MR) is 93.5 cm³/mol. The Bertz CT molecular complexity index is 730. The summed E-state index contributed by atoms with van der Waals surface area (Å²) in [6.07, 6.45) is 2.53. The molecule has 1 atom stereocenters. The van der Waals surface area contributed by atoms with Crippen molar-refractivity contribution >= 4 is 11.6 Å². The number of aliphatic hydroxyl groups is 1. The van der Waals surface area contributed by atoms with Crippen LogP contribution in [0.15, 0.2) is 71.5 Å². The molecule has 124 valence electrons. The number of furan rings is 1. The molecule has 0 saturated carbocycles. The van der Waals surface area contributed by atoms with Crippen LogP contribution in [0.4, 0.5) is 0 Å². The molecule has 3 aromatic rings. The van der Waals surface area contributed by atoms with Crippen LogP contribution in [0, 0.1) is 0 Å². The lowest BCUT2D eigenvalue weighted by atomic mass is 10.2. The van der Waals surface area contributed by atoms with Crippen LogP contribution in [-0.4, -0.2) is 21.5 Å². The summed E-state index contributed by atoms with van der Waals surface area (Å²) in [6.45, 7) is 1.78. The highest BCUT2D eigenvalue weighted by Gasteiger charge is 2.17. The van der Waals surface area contributed by atoms with Gasteiger partial charge in [0.2, 0.25) is 0 Å². The van der Waals surface area contributed by atoms with E-state index in [0.29, 0.717) is 30.4 Å². The van der Waals surface area contributed by atoms with Crippen molar-refractivity contribution in [1.29, 1.82) is 0 Å². The molecule has 0 amide bonds. The SMILES string of the molecule is OC(CN(Cc1ccccc1)Cc1ccc(Cl)cn1)c1ccco1. The Balaban J connectivity index is 1.73. The average molecular weight is 343 g/mol. The highest BCUT2D eigenvalue weighted by molar-refractivity contribution is 6.30. The molecule has 0 saturated heterocycles. The van der Waals surface area contributed by atoms with Gasteiger partial charge in [0, 0.05) is 25.8 Å². The molecule has 0 bridgehead atoms. The van der Waals surface area contributed by atoms with Gasteiger partial charge in [0.05, 0.1) is 17.0 Å². The molecule has 2 aromatic heterocycles. The van der Waals surface area contributed by atoms with Gasteiger partial charge >= 0.3 is 0 Å². The van der Waals surface area contributed by atoms with E-state index in [-0.39, 0.29) is 0 Å². The van der Waals surface area contributed by atoms with E-state index in [1.807, 2.05) is 30.3 Å². The van der Waals surface area contributed by atoms with E-state index in [2.05, 4.69) is 22.0 Å². The Morgan fingerprint density at radius 3 is 2.54 bits per heavy atom. The van der Waals surface area contributed by atoms with Crippen LogP contribution >= 0.6 is 11.6 Å². The van der Waals surface area contributed by atoms with Crippen LogP contribution in [0.5, 0.6) is 0 Å². The molecule has 1 N–H and O–H groups in total. The van der Waals surface area contributed by atoms with E-state index in [1.54, 1.807) is 24.6 Å². The molecular formula is C19H19ClN2O2. The zero-order valence-corrected chi connectivity index (χ0v) is 13.9. The van der Waals surface area contributed by atoms with Crippen LogP contribution in [0.3, 0.4) is 0 Å². The molecule has 0 fully saturated rings. The minimum absolute atomic E-state index is 0.451. The Morgan fingerprint density at radius 2 is 1.88 bits per heavy atom. The summed E-state index contributed by atoms with van der Waals surface area (Å²) in [7, 11) is 0. The van der Waals surface area contributed by atoms with Gasteiger partial charge in [-0.3, -0.25) is 9.88 Å². The van der Waals surface area contributed by atoms with Crippen molar-refractivity contribution in [2.24, 2.45) is 0 Å². The fourth-order valence-electron chi connectivity index (χ4n) is 2.57. The summed E-state index contributed by atoms with van der Waals surface area (Å²) in [5.74, 6) is 0.567. The van der Waals surface area contributed by atoms with E-state index in [1.165, 1.54) is 5.56 Å². The van der Waals surface area contributed by atoms with E-state index < -0.39 is 6.10 Å². The third-order valence-corrected chi connectivity index (χ3v) is 3.95. The molecule has 1 aromatic carbocycles. The number of rotatable bonds is 7. The number of pyridine rings is 1. The Kier molecular flexibility index (Phi) is 5.64. The maximum atomic E-state index is 10.4. The van der Waals surface area contributed by atoms with Gasteiger partial charge in [-0.25, -0.2) is 0 Å². The number of hydrogen-bond acceptors (Lipinski definition) is 4. The van der Waals surface area contributed by atoms with Gasteiger partial charge < -0.3 is 9.52 Å². The van der Waals surface area contributed by atoms with E-state index >= 15 is 0 Å². The first kappa shape index (κ1) is 16.7. The molecule has 0 aliphatic heterocycles. The van der Waals surface area contributed by atoms with E-state index in [0.717, 1.165) is 5.69 Å². The van der Waals surface area contributed by atoms with Crippen LogP contribution in [0.2, 0.25) is 5.02 Å². The van der Waals surface area contributed by atoms with Crippen molar-refractivity contribution in [2.75, 3.05) is 6.54 Å². The number of aromatic nitrogens is 1. The summed E-state index contributed by atoms with van der Waals surface area (Å²) >= 11 is 5.90. The van der Waals surface area contributed by atoms with Gasteiger partial charge in [-0.2, -0.15) is 0 Å². The van der Waals surface area contributed by atoms with Crippen molar-refractivity contribution in [1.82, 2.24) is 9.88 Å². The Hall–Kier alpha value is -2.14. The monoisotopic (exact) mass is 342 g/mol. The lowest BCUT2D eigenvalue weighted by Crippen LogP contribution is -2.28. The topological polar surface area (TPSA) is 49.5 Å². The van der Waals surface area contributed by atoms with Crippen molar-refractivity contribution in [3.05, 3.63) is 89.1 Å². The average Bonchev–Trinajstić information content (AvgIpc) is 3.12. The molecular weight excluding hydrogens is 324 g/mol. The number of aliphatic hydroxyl groups excluding tert-OH is 1. The number of halogens is 1. The normalized spacial score (nSPS) is 12.5. The maximum absolute atomic E-state index is 10.4. The quantitative estimate of drug-likeness (QED) is 0.703. The highest BCUT2D eigenvalue weighted by Crippen LogP contribution is 2.18. The van der Waals surface area contributed by atoms with E-state index in [9.17, 15) is 5.11 Å². The molecule has 3 rings (SSSR count). The zero-order chi connectivity index (χ0) is 16.8. The first-order valence-electron chi connectivity index (χ1n) is 7.79. The highest BCUT2D eigenvalue weighted by atomic mass is 35.5. The predicted octanol–water partition coefficient (Wildman–Crippen LogP) is 4.06. The smallest absolute Gasteiger partial charge is 0.133 e. The van der Waals surface area contributed by atoms with Crippen molar-refractivity contribution < 1.29 is 9.52 Å². The lowest BCUT2D eigenvalue weighted by molar-refractivity contribution is 0.0867. The largest absolute Gasteiger partial charge is 0.467 e. The molecule has 24 heavy (non-hydrogen) atoms. The Morgan fingerprint density at radius 1 is 1.04 bits per heavy atom. The van der Waals surface area contributed by atoms with Crippen LogP contribution in [0.1, 0.15) is 23.1 Å². The third-order valence-electron chi connectivity index (χ3n) is 3.73. The summed E-state index contributed by atoms with van der Waals surface area (Å²) < 4.78 is 5.30. The second-order valence-electron chi connectivity index (χ2n) is 5.65. The van der Waals surface area contributed by atoms with Crippen molar-refractivity contribution in [3.8, 4) is 0 Å². The van der Waals surface area contributed by atoms with Gasteiger partial charge in [-0.15, -0.1) is 0 Å². The standard InChI is InChI=1S/C19H19ClN2O2/c20-16-8-9-17(21-11-16)13-22(12-15-5-2-1-3-6-15)14-18(23)19-7-4-10-24-19/h1-11,18,23H,12-14H2. The molecule has 1 unspecified atom stereocenters. The second-order valence-corrected chi connectivity index (χ2v) is 6.09. The minimum atomic E-state index is -0.684. The summed E-state index contributed by atoms with van der Waals surface area (Å²) in [4.78, 5) is 6.49. The fourth-order valence-corrected chi connectivity index (χ4v) is 2.68. The molecule has 0 spiro atoms. The molecule has 0 aliphatic rings. The van der Waals surface area contributed by atoms with Crippen molar-refractivity contribution in [2.45, 2.75) is 19.2 Å². The molecule has 5 heteroatoms. The van der Waals surface area contributed by atoms with E-state index in [4.69, 9.17) is 16.0 Å². The minimum Gasteiger partial charge on any atom is -0.467 e. The first-order valence-corrected chi connectivity index (χ1v) is 8.16. The first-order chi connectivity index (χ1) is 11.7. The second kappa shape index (κ2) is 8.11. The lowest BCUT2D eigenvalue weighted by Gasteiger charge is -2.24. The van der Waals surface area contributed by atoms with Gasteiger partial charge in [0.1, 0.15) is 11.9 Å². The molecule has 2 heterocycles. The number of benzene rings is 1. The number of nitrogens with zero attached hydrogens (tertiary/aromatic N) is 2. The van der Waals surface area contributed by atoms with Crippen LogP contribution in [-0.2, 0) is 13.1 Å². The van der Waals surface area contributed by atoms with Crippen LogP contribution in [0.25, 0.3) is 0 Å². The summed E-state index contributed by atoms with van der Waals surface area (Å²) in [5, 5.41) is 11.0. The summed E-state index contributed by atoms with van der Waals surface area (Å²) in [5.41, 5.74) is 2.08. The van der Waals surface area contributed by atoms with Crippen LogP contribution < -0.4 is 0 Å². The van der Waals surface area contributed by atoms with Gasteiger partial charge in [-0.1, -0.05) is 41.9 Å². The summed E-state index contributed by atoms with van der Waals surface area (Å²) in [6, 6.07) is 17.4. The van der Waals surface area contributed by atoms with Gasteiger partial charge in [0.25, 0.3) is 0 Å². The van der Waals surface area contributed by atoms with Crippen molar-refractivity contribution in [3.63, 3.8) is 0 Å². The maximum Gasteiger partial charge on any atom is 0.133 e. The van der Waals surface area contributed by atoms with Gasteiger partial charge in [-0.05, 0) is 29.8 Å². The number of hydrogen-bond donors (Lipinski definition) is 1.